The molecule has 0 aromatic carbocycles. The largest absolute Gasteiger partial charge is 0.467 e. The number of rotatable bonds is 7. The average molecular weight is 379 g/mol. The van der Waals surface area contributed by atoms with Crippen LogP contribution in [0, 0.1) is 0 Å². The summed E-state index contributed by atoms with van der Waals surface area (Å²) >= 11 is 0. The third-order valence-electron chi connectivity index (χ3n) is 5.10. The van der Waals surface area contributed by atoms with Gasteiger partial charge in [0.05, 0.1) is 19.3 Å². The highest BCUT2D eigenvalue weighted by molar-refractivity contribution is 5.38. The van der Waals surface area contributed by atoms with E-state index in [4.69, 9.17) is 9.47 Å². The average Bonchev–Trinajstić information content (AvgIpc) is 2.94. The lowest BCUT2D eigenvalue weighted by Gasteiger charge is -2.35. The van der Waals surface area contributed by atoms with Crippen molar-refractivity contribution >= 4 is 11.9 Å². The van der Waals surface area contributed by atoms with E-state index < -0.39 is 0 Å². The molecule has 3 rings (SSSR count). The fourth-order valence-electron chi connectivity index (χ4n) is 3.90. The molecule has 8 nitrogen and oxygen atoms in total. The zero-order valence-corrected chi connectivity index (χ0v) is 17.0. The summed E-state index contributed by atoms with van der Waals surface area (Å²) in [7, 11) is 1.60. The molecule has 1 aromatic heterocycles. The molecule has 1 aromatic rings. The minimum Gasteiger partial charge on any atom is -0.467 e. The molecule has 0 amide bonds. The molecule has 0 saturated carbocycles. The van der Waals surface area contributed by atoms with Gasteiger partial charge in [0.1, 0.15) is 0 Å². The first-order chi connectivity index (χ1) is 13.1. The Morgan fingerprint density at radius 1 is 1.04 bits per heavy atom. The summed E-state index contributed by atoms with van der Waals surface area (Å²) < 4.78 is 11.1. The normalized spacial score (nSPS) is 24.5. The van der Waals surface area contributed by atoms with Crippen LogP contribution in [0.15, 0.2) is 0 Å². The molecule has 2 aliphatic rings. The van der Waals surface area contributed by atoms with E-state index in [9.17, 15) is 0 Å². The van der Waals surface area contributed by atoms with Crippen LogP contribution in [0.4, 0.5) is 11.9 Å². The van der Waals surface area contributed by atoms with Gasteiger partial charge in [0.2, 0.25) is 11.9 Å². The molecule has 2 saturated heterocycles. The Labute approximate surface area is 162 Å². The summed E-state index contributed by atoms with van der Waals surface area (Å²) in [6.45, 7) is 10.2. The second-order valence-electron chi connectivity index (χ2n) is 7.64. The van der Waals surface area contributed by atoms with Gasteiger partial charge in [-0.1, -0.05) is 12.8 Å². The maximum atomic E-state index is 5.79. The molecule has 3 heterocycles. The summed E-state index contributed by atoms with van der Waals surface area (Å²) in [5.74, 6) is 1.33. The van der Waals surface area contributed by atoms with Crippen molar-refractivity contribution in [1.29, 1.82) is 0 Å². The van der Waals surface area contributed by atoms with E-state index in [0.717, 1.165) is 51.6 Å². The molecule has 0 spiro atoms. The van der Waals surface area contributed by atoms with E-state index >= 15 is 0 Å². The molecule has 1 N–H and O–H groups in total. The van der Waals surface area contributed by atoms with Crippen molar-refractivity contribution in [3.8, 4) is 6.01 Å². The Morgan fingerprint density at radius 2 is 1.74 bits per heavy atom. The zero-order chi connectivity index (χ0) is 19.1. The number of morpholine rings is 1. The molecule has 0 bridgehead atoms. The summed E-state index contributed by atoms with van der Waals surface area (Å²) in [5, 5.41) is 3.35. The maximum absolute atomic E-state index is 5.79. The number of methoxy groups -OCH3 is 1. The van der Waals surface area contributed by atoms with Crippen LogP contribution < -0.4 is 15.0 Å². The van der Waals surface area contributed by atoms with Crippen LogP contribution in [0.3, 0.4) is 0 Å². The third-order valence-corrected chi connectivity index (χ3v) is 5.10. The van der Waals surface area contributed by atoms with Gasteiger partial charge in [-0.05, 0) is 33.1 Å². The SMILES string of the molecule is COc1nc(NCCCN2CC(C)OC(C)C2)nc(N2CCCCCC2)n1. The maximum Gasteiger partial charge on any atom is 0.322 e. The van der Waals surface area contributed by atoms with Gasteiger partial charge in [-0.15, -0.1) is 0 Å². The molecule has 8 heteroatoms. The Balaban J connectivity index is 1.52. The highest BCUT2D eigenvalue weighted by Gasteiger charge is 2.21. The van der Waals surface area contributed by atoms with E-state index in [1.807, 2.05) is 0 Å². The van der Waals surface area contributed by atoms with Gasteiger partial charge in [-0.2, -0.15) is 15.0 Å². The molecule has 2 atom stereocenters. The second kappa shape index (κ2) is 10.0. The number of nitrogens with one attached hydrogen (secondary N) is 1. The number of anilines is 2. The van der Waals surface area contributed by atoms with E-state index in [1.165, 1.54) is 25.7 Å². The molecule has 2 aliphatic heterocycles. The lowest BCUT2D eigenvalue weighted by molar-refractivity contribution is -0.0678. The van der Waals surface area contributed by atoms with Crippen LogP contribution in [-0.4, -0.2) is 78.4 Å². The van der Waals surface area contributed by atoms with Crippen LogP contribution in [-0.2, 0) is 4.74 Å². The smallest absolute Gasteiger partial charge is 0.322 e. The Bertz CT molecular complexity index is 569. The molecule has 0 radical (unpaired) electrons. The van der Waals surface area contributed by atoms with E-state index in [2.05, 4.69) is 43.9 Å². The highest BCUT2D eigenvalue weighted by Crippen LogP contribution is 2.19. The van der Waals surface area contributed by atoms with Gasteiger partial charge in [-0.3, -0.25) is 4.90 Å². The molecule has 27 heavy (non-hydrogen) atoms. The number of ether oxygens (including phenoxy) is 2. The van der Waals surface area contributed by atoms with Crippen molar-refractivity contribution in [2.24, 2.45) is 0 Å². The molecular weight excluding hydrogens is 344 g/mol. The van der Waals surface area contributed by atoms with Crippen LogP contribution in [0.1, 0.15) is 46.0 Å². The Hall–Kier alpha value is -1.67. The number of nitrogens with zero attached hydrogens (tertiary/aromatic N) is 5. The second-order valence-corrected chi connectivity index (χ2v) is 7.64. The monoisotopic (exact) mass is 378 g/mol. The number of hydrogen-bond donors (Lipinski definition) is 1. The molecule has 2 fully saturated rings. The topological polar surface area (TPSA) is 75.6 Å². The lowest BCUT2D eigenvalue weighted by Crippen LogP contribution is -2.45. The molecule has 152 valence electrons. The minimum atomic E-state index is 0.311. The van der Waals surface area contributed by atoms with Crippen molar-refractivity contribution in [2.45, 2.75) is 58.2 Å². The molecular formula is C19H34N6O2. The summed E-state index contributed by atoms with van der Waals surface area (Å²) in [6, 6.07) is 0.377. The van der Waals surface area contributed by atoms with Gasteiger partial charge in [0.25, 0.3) is 0 Å². The minimum absolute atomic E-state index is 0.311. The van der Waals surface area contributed by atoms with Gasteiger partial charge in [0.15, 0.2) is 0 Å². The van der Waals surface area contributed by atoms with Crippen LogP contribution in [0.5, 0.6) is 6.01 Å². The van der Waals surface area contributed by atoms with Crippen LogP contribution in [0.25, 0.3) is 0 Å². The third kappa shape index (κ3) is 6.17. The first-order valence-electron chi connectivity index (χ1n) is 10.3. The lowest BCUT2D eigenvalue weighted by atomic mass is 10.2. The Morgan fingerprint density at radius 3 is 2.41 bits per heavy atom. The fourth-order valence-corrected chi connectivity index (χ4v) is 3.90. The Kier molecular flexibility index (Phi) is 7.46. The number of hydrogen-bond acceptors (Lipinski definition) is 8. The number of aromatic nitrogens is 3. The van der Waals surface area contributed by atoms with Crippen molar-refractivity contribution < 1.29 is 9.47 Å². The van der Waals surface area contributed by atoms with Crippen LogP contribution >= 0.6 is 0 Å². The van der Waals surface area contributed by atoms with E-state index in [1.54, 1.807) is 7.11 Å². The van der Waals surface area contributed by atoms with Crippen molar-refractivity contribution in [1.82, 2.24) is 19.9 Å². The standard InChI is InChI=1S/C19H34N6O2/c1-15-13-24(14-16(2)27-15)10-8-9-20-17-21-18(23-19(22-17)26-3)25-11-6-4-5-7-12-25/h15-16H,4-14H2,1-3H3,(H,20,21,22,23). The van der Waals surface area contributed by atoms with E-state index in [0.29, 0.717) is 24.2 Å². The molecule has 2 unspecified atom stereocenters. The fraction of sp³-hybridized carbons (Fsp3) is 0.842. The van der Waals surface area contributed by atoms with E-state index in [-0.39, 0.29) is 0 Å². The molecule has 0 aliphatic carbocycles. The van der Waals surface area contributed by atoms with Crippen molar-refractivity contribution in [3.63, 3.8) is 0 Å². The first kappa shape index (κ1) is 20.1. The first-order valence-corrected chi connectivity index (χ1v) is 10.3. The zero-order valence-electron chi connectivity index (χ0n) is 17.0. The predicted molar refractivity (Wildman–Crippen MR) is 107 cm³/mol. The van der Waals surface area contributed by atoms with Crippen molar-refractivity contribution in [3.05, 3.63) is 0 Å². The summed E-state index contributed by atoms with van der Waals surface area (Å²) in [5.41, 5.74) is 0. The quantitative estimate of drug-likeness (QED) is 0.724. The summed E-state index contributed by atoms with van der Waals surface area (Å²) in [6.07, 6.45) is 6.59. The highest BCUT2D eigenvalue weighted by atomic mass is 16.5. The van der Waals surface area contributed by atoms with Gasteiger partial charge < -0.3 is 19.7 Å². The van der Waals surface area contributed by atoms with Gasteiger partial charge >= 0.3 is 6.01 Å². The van der Waals surface area contributed by atoms with Crippen molar-refractivity contribution in [2.75, 3.05) is 56.6 Å². The van der Waals surface area contributed by atoms with Gasteiger partial charge in [-0.25, -0.2) is 0 Å². The van der Waals surface area contributed by atoms with Crippen LogP contribution in [0.2, 0.25) is 0 Å². The van der Waals surface area contributed by atoms with Gasteiger partial charge in [0, 0.05) is 39.3 Å². The predicted octanol–water partition coefficient (Wildman–Crippen LogP) is 2.17. The summed E-state index contributed by atoms with van der Waals surface area (Å²) in [4.78, 5) is 18.2.